The van der Waals surface area contributed by atoms with Gasteiger partial charge in [0, 0.05) is 11.4 Å². The van der Waals surface area contributed by atoms with Gasteiger partial charge in [-0.25, -0.2) is 12.8 Å². The smallest absolute Gasteiger partial charge is 0.271 e. The normalized spacial score (nSPS) is 11.7. The number of halogens is 3. The zero-order valence-electron chi connectivity index (χ0n) is 10.8. The molecule has 9 heteroatoms. The van der Waals surface area contributed by atoms with Crippen molar-refractivity contribution in [3.05, 3.63) is 44.5 Å². The van der Waals surface area contributed by atoms with Crippen LogP contribution in [0.2, 0.25) is 10.0 Å². The third kappa shape index (κ3) is 3.49. The van der Waals surface area contributed by atoms with E-state index in [0.29, 0.717) is 0 Å². The number of rotatable bonds is 4. The lowest BCUT2D eigenvalue weighted by molar-refractivity contribution is 0.603. The van der Waals surface area contributed by atoms with Crippen molar-refractivity contribution in [2.45, 2.75) is 17.7 Å². The van der Waals surface area contributed by atoms with Crippen molar-refractivity contribution in [1.29, 1.82) is 0 Å². The molecule has 2 rings (SSSR count). The summed E-state index contributed by atoms with van der Waals surface area (Å²) in [6.07, 6.45) is 0. The number of sulfonamides is 1. The van der Waals surface area contributed by atoms with Gasteiger partial charge in [-0.15, -0.1) is 11.3 Å². The first-order valence-corrected chi connectivity index (χ1v) is 8.77. The molecule has 4 nitrogen and oxygen atoms in total. The van der Waals surface area contributed by atoms with Gasteiger partial charge in [0.15, 0.2) is 0 Å². The van der Waals surface area contributed by atoms with E-state index in [9.17, 15) is 12.8 Å². The molecule has 0 fully saturated rings. The average Bonchev–Trinajstić information content (AvgIpc) is 2.76. The fraction of sp³-hybridized carbons (Fsp3) is 0.167. The number of hydrogen-bond donors (Lipinski definition) is 2. The lowest BCUT2D eigenvalue weighted by Crippen LogP contribution is -2.12. The maximum atomic E-state index is 13.1. The Hall–Kier alpha value is -0.860. The van der Waals surface area contributed by atoms with Crippen molar-refractivity contribution in [1.82, 2.24) is 0 Å². The molecule has 21 heavy (non-hydrogen) atoms. The highest BCUT2D eigenvalue weighted by Crippen LogP contribution is 2.34. The second kappa shape index (κ2) is 6.10. The third-order valence-corrected chi connectivity index (χ3v) is 6.37. The summed E-state index contributed by atoms with van der Waals surface area (Å²) in [4.78, 5) is 0.770. The first-order valence-electron chi connectivity index (χ1n) is 5.71. The molecule has 0 unspecified atom stereocenters. The van der Waals surface area contributed by atoms with Gasteiger partial charge >= 0.3 is 0 Å². The molecule has 0 aliphatic rings. The van der Waals surface area contributed by atoms with Gasteiger partial charge in [0.1, 0.15) is 10.0 Å². The Balaban J connectivity index is 2.42. The van der Waals surface area contributed by atoms with Crippen LogP contribution in [-0.4, -0.2) is 8.42 Å². The Bertz CT molecular complexity index is 768. The van der Waals surface area contributed by atoms with Gasteiger partial charge in [-0.3, -0.25) is 4.72 Å². The number of aryl methyl sites for hydroxylation is 1. The Labute approximate surface area is 135 Å². The fourth-order valence-corrected chi connectivity index (χ4v) is 4.88. The van der Waals surface area contributed by atoms with E-state index in [1.165, 1.54) is 6.07 Å². The van der Waals surface area contributed by atoms with Crippen LogP contribution in [0, 0.1) is 12.7 Å². The number of thiophene rings is 1. The summed E-state index contributed by atoms with van der Waals surface area (Å²) in [5.41, 5.74) is 6.27. The van der Waals surface area contributed by atoms with E-state index in [1.807, 2.05) is 0 Å². The van der Waals surface area contributed by atoms with Crippen molar-refractivity contribution in [3.8, 4) is 0 Å². The topological polar surface area (TPSA) is 72.2 Å². The number of anilines is 1. The van der Waals surface area contributed by atoms with Crippen molar-refractivity contribution in [2.75, 3.05) is 4.72 Å². The standard InChI is InChI=1S/C12H11Cl2FN2O2S2/c1-6-2-11(20-10(6)5-16)21(18,19)17-12-8(13)3-7(15)4-9(12)14/h2-4,17H,5,16H2,1H3. The first-order chi connectivity index (χ1) is 9.74. The molecule has 0 radical (unpaired) electrons. The van der Waals surface area contributed by atoms with E-state index in [1.54, 1.807) is 6.92 Å². The number of hydrogen-bond acceptors (Lipinski definition) is 4. The number of benzene rings is 1. The van der Waals surface area contributed by atoms with Crippen LogP contribution in [0.1, 0.15) is 10.4 Å². The van der Waals surface area contributed by atoms with Crippen LogP contribution in [0.25, 0.3) is 0 Å². The molecule has 0 aliphatic heterocycles. The lowest BCUT2D eigenvalue weighted by Gasteiger charge is -2.10. The summed E-state index contributed by atoms with van der Waals surface area (Å²) in [5, 5.41) is -0.230. The Morgan fingerprint density at radius 1 is 1.29 bits per heavy atom. The van der Waals surface area contributed by atoms with Gasteiger partial charge in [0.05, 0.1) is 15.7 Å². The van der Waals surface area contributed by atoms with Crippen LogP contribution in [0.3, 0.4) is 0 Å². The minimum absolute atomic E-state index is 0.0555. The van der Waals surface area contributed by atoms with Crippen molar-refractivity contribution < 1.29 is 12.8 Å². The molecular weight excluding hydrogens is 358 g/mol. The van der Waals surface area contributed by atoms with Crippen molar-refractivity contribution in [2.24, 2.45) is 5.73 Å². The SMILES string of the molecule is Cc1cc(S(=O)(=O)Nc2c(Cl)cc(F)cc2Cl)sc1CN. The molecule has 3 N–H and O–H groups in total. The van der Waals surface area contributed by atoms with Crippen molar-refractivity contribution >= 4 is 50.2 Å². The van der Waals surface area contributed by atoms with E-state index < -0.39 is 15.8 Å². The molecule has 0 aliphatic carbocycles. The molecule has 1 aromatic heterocycles. The molecule has 1 aromatic carbocycles. The highest BCUT2D eigenvalue weighted by atomic mass is 35.5. The van der Waals surface area contributed by atoms with Gasteiger partial charge in [0.25, 0.3) is 10.0 Å². The van der Waals surface area contributed by atoms with E-state index >= 15 is 0 Å². The molecule has 0 bridgehead atoms. The van der Waals surface area contributed by atoms with Crippen LogP contribution in [-0.2, 0) is 16.6 Å². The van der Waals surface area contributed by atoms with Gasteiger partial charge in [-0.2, -0.15) is 0 Å². The molecule has 114 valence electrons. The van der Waals surface area contributed by atoms with Crippen molar-refractivity contribution in [3.63, 3.8) is 0 Å². The number of nitrogens with one attached hydrogen (secondary N) is 1. The highest BCUT2D eigenvalue weighted by Gasteiger charge is 2.21. The lowest BCUT2D eigenvalue weighted by atomic mass is 10.3. The van der Waals surface area contributed by atoms with E-state index in [0.717, 1.165) is 33.9 Å². The van der Waals surface area contributed by atoms with Gasteiger partial charge in [-0.1, -0.05) is 23.2 Å². The van der Waals surface area contributed by atoms with Crippen LogP contribution >= 0.6 is 34.5 Å². The zero-order chi connectivity index (χ0) is 15.8. The van der Waals surface area contributed by atoms with Gasteiger partial charge in [-0.05, 0) is 30.7 Å². The summed E-state index contributed by atoms with van der Waals surface area (Å²) >= 11 is 12.7. The second-order valence-corrected chi connectivity index (χ2v) is 8.09. The maximum absolute atomic E-state index is 13.1. The quantitative estimate of drug-likeness (QED) is 0.862. The minimum atomic E-state index is -3.86. The molecule has 0 saturated carbocycles. The summed E-state index contributed by atoms with van der Waals surface area (Å²) in [7, 11) is -3.86. The zero-order valence-corrected chi connectivity index (χ0v) is 13.9. The average molecular weight is 369 g/mol. The molecule has 0 saturated heterocycles. The molecule has 2 aromatic rings. The summed E-state index contributed by atoms with van der Waals surface area (Å²) in [5.74, 6) is -0.648. The largest absolute Gasteiger partial charge is 0.326 e. The predicted octanol–water partition coefficient (Wildman–Crippen LogP) is 3.76. The monoisotopic (exact) mass is 368 g/mol. The van der Waals surface area contributed by atoms with E-state index in [2.05, 4.69) is 4.72 Å². The Kier molecular flexibility index (Phi) is 4.79. The summed E-state index contributed by atoms with van der Waals surface area (Å²) in [6, 6.07) is 3.48. The first kappa shape index (κ1) is 16.5. The molecular formula is C12H11Cl2FN2O2S2. The van der Waals surface area contributed by atoms with E-state index in [-0.39, 0.29) is 26.5 Å². The van der Waals surface area contributed by atoms with Gasteiger partial charge in [0.2, 0.25) is 0 Å². The maximum Gasteiger partial charge on any atom is 0.271 e. The van der Waals surface area contributed by atoms with Crippen LogP contribution in [0.5, 0.6) is 0 Å². The molecule has 1 heterocycles. The fourth-order valence-electron chi connectivity index (χ4n) is 1.65. The van der Waals surface area contributed by atoms with Crippen LogP contribution in [0.15, 0.2) is 22.4 Å². The minimum Gasteiger partial charge on any atom is -0.326 e. The van der Waals surface area contributed by atoms with Crippen LogP contribution < -0.4 is 10.5 Å². The molecule has 0 spiro atoms. The van der Waals surface area contributed by atoms with Crippen LogP contribution in [0.4, 0.5) is 10.1 Å². The summed E-state index contributed by atoms with van der Waals surface area (Å²) < 4.78 is 40.1. The second-order valence-electron chi connectivity index (χ2n) is 4.23. The number of nitrogens with two attached hydrogens (primary N) is 1. The third-order valence-electron chi connectivity index (χ3n) is 2.69. The van der Waals surface area contributed by atoms with E-state index in [4.69, 9.17) is 28.9 Å². The highest BCUT2D eigenvalue weighted by molar-refractivity contribution is 7.94. The Morgan fingerprint density at radius 2 is 1.86 bits per heavy atom. The predicted molar refractivity (Wildman–Crippen MR) is 84.2 cm³/mol. The Morgan fingerprint density at radius 3 is 2.33 bits per heavy atom. The molecule has 0 atom stereocenters. The summed E-state index contributed by atoms with van der Waals surface area (Å²) in [6.45, 7) is 2.03. The molecule has 0 amide bonds. The van der Waals surface area contributed by atoms with Gasteiger partial charge < -0.3 is 5.73 Å².